The molecule has 3 rings (SSSR count). The van der Waals surface area contributed by atoms with E-state index in [0.29, 0.717) is 5.92 Å². The molecule has 1 unspecified atom stereocenters. The van der Waals surface area contributed by atoms with Crippen molar-refractivity contribution in [3.8, 4) is 0 Å². The third-order valence-corrected chi connectivity index (χ3v) is 4.25. The van der Waals surface area contributed by atoms with Gasteiger partial charge < -0.3 is 5.32 Å². The summed E-state index contributed by atoms with van der Waals surface area (Å²) in [5.74, 6) is 1.51. The summed E-state index contributed by atoms with van der Waals surface area (Å²) in [5, 5.41) is 3.00. The first-order chi connectivity index (χ1) is 9.16. The molecule has 2 heterocycles. The van der Waals surface area contributed by atoms with Crippen LogP contribution in [0.5, 0.6) is 0 Å². The van der Waals surface area contributed by atoms with Crippen LogP contribution in [0.4, 0.5) is 5.82 Å². The predicted molar refractivity (Wildman–Crippen MR) is 75.1 cm³/mol. The third-order valence-electron chi connectivity index (χ3n) is 4.25. The number of nitrogens with zero attached hydrogens (tertiary/aromatic N) is 2. The topological polar surface area (TPSA) is 46.4 Å². The van der Waals surface area contributed by atoms with Crippen LogP contribution < -0.4 is 5.32 Å². The number of amides is 1. The second-order valence-corrected chi connectivity index (χ2v) is 5.50. The molecule has 19 heavy (non-hydrogen) atoms. The molecule has 1 aliphatic rings. The van der Waals surface area contributed by atoms with Crippen molar-refractivity contribution in [1.29, 1.82) is 0 Å². The average Bonchev–Trinajstić information content (AvgIpc) is 2.72. The summed E-state index contributed by atoms with van der Waals surface area (Å²) in [4.78, 5) is 16.6. The number of rotatable bonds is 3. The van der Waals surface area contributed by atoms with Gasteiger partial charge in [0, 0.05) is 12.1 Å². The highest BCUT2D eigenvalue weighted by Gasteiger charge is 2.29. The Balaban J connectivity index is 1.81. The van der Waals surface area contributed by atoms with Gasteiger partial charge >= 0.3 is 0 Å². The highest BCUT2D eigenvalue weighted by Crippen LogP contribution is 2.33. The van der Waals surface area contributed by atoms with Crippen LogP contribution in [0.15, 0.2) is 24.5 Å². The van der Waals surface area contributed by atoms with E-state index in [1.807, 2.05) is 36.6 Å². The van der Waals surface area contributed by atoms with E-state index in [0.717, 1.165) is 17.0 Å². The van der Waals surface area contributed by atoms with Gasteiger partial charge in [-0.3, -0.25) is 9.20 Å². The van der Waals surface area contributed by atoms with Crippen LogP contribution in [0.25, 0.3) is 5.65 Å². The molecule has 0 aromatic carbocycles. The number of pyridine rings is 1. The minimum atomic E-state index is 0.0871. The summed E-state index contributed by atoms with van der Waals surface area (Å²) in [6, 6.07) is 3.99. The van der Waals surface area contributed by atoms with Crippen LogP contribution in [-0.4, -0.2) is 15.3 Å². The van der Waals surface area contributed by atoms with Crippen LogP contribution in [0, 0.1) is 18.8 Å². The van der Waals surface area contributed by atoms with Gasteiger partial charge in [-0.05, 0) is 37.3 Å². The normalized spacial score (nSPS) is 17.2. The molecule has 1 N–H and O–H groups in total. The highest BCUT2D eigenvalue weighted by atomic mass is 16.2. The lowest BCUT2D eigenvalue weighted by Gasteiger charge is -2.30. The van der Waals surface area contributed by atoms with Crippen molar-refractivity contribution in [2.75, 3.05) is 5.32 Å². The molecule has 0 saturated heterocycles. The zero-order chi connectivity index (χ0) is 13.4. The molecule has 1 atom stereocenters. The Hall–Kier alpha value is -1.84. The summed E-state index contributed by atoms with van der Waals surface area (Å²) in [7, 11) is 0. The van der Waals surface area contributed by atoms with Gasteiger partial charge in [0.1, 0.15) is 11.5 Å². The average molecular weight is 257 g/mol. The molecule has 2 aromatic heterocycles. The number of nitrogens with one attached hydrogen (secondary N) is 1. The predicted octanol–water partition coefficient (Wildman–Crippen LogP) is 3.02. The molecule has 0 aliphatic heterocycles. The Kier molecular flexibility index (Phi) is 3.01. The van der Waals surface area contributed by atoms with Crippen LogP contribution >= 0.6 is 0 Å². The van der Waals surface area contributed by atoms with Gasteiger partial charge in [-0.1, -0.05) is 19.4 Å². The SMILES string of the molecule is Cc1cccn2c(NC(=O)C(C)C3CCC3)cnc12. The van der Waals surface area contributed by atoms with Crippen molar-refractivity contribution in [3.63, 3.8) is 0 Å². The third kappa shape index (κ3) is 2.11. The minimum Gasteiger partial charge on any atom is -0.310 e. The lowest BCUT2D eigenvalue weighted by Crippen LogP contribution is -2.31. The largest absolute Gasteiger partial charge is 0.310 e. The van der Waals surface area contributed by atoms with Crippen molar-refractivity contribution >= 4 is 17.4 Å². The molecule has 1 amide bonds. The number of aromatic nitrogens is 2. The van der Waals surface area contributed by atoms with Crippen molar-refractivity contribution in [3.05, 3.63) is 30.1 Å². The first kappa shape index (κ1) is 12.2. The number of fused-ring (bicyclic) bond motifs is 1. The van der Waals surface area contributed by atoms with Crippen molar-refractivity contribution in [1.82, 2.24) is 9.38 Å². The molecule has 100 valence electrons. The molecular formula is C15H19N3O. The van der Waals surface area contributed by atoms with E-state index < -0.39 is 0 Å². The molecule has 2 aromatic rings. The van der Waals surface area contributed by atoms with Crippen LogP contribution in [0.1, 0.15) is 31.7 Å². The number of carbonyl (C=O) groups excluding carboxylic acids is 1. The summed E-state index contributed by atoms with van der Waals surface area (Å²) in [6.45, 7) is 4.04. The Bertz CT molecular complexity index is 613. The van der Waals surface area contributed by atoms with Crippen LogP contribution in [0.2, 0.25) is 0 Å². The number of hydrogen-bond donors (Lipinski definition) is 1. The smallest absolute Gasteiger partial charge is 0.228 e. The molecule has 1 fully saturated rings. The molecule has 1 saturated carbocycles. The molecule has 0 spiro atoms. The number of anilines is 1. The van der Waals surface area contributed by atoms with Crippen molar-refractivity contribution in [2.45, 2.75) is 33.1 Å². The van der Waals surface area contributed by atoms with E-state index in [1.165, 1.54) is 19.3 Å². The van der Waals surface area contributed by atoms with E-state index in [1.54, 1.807) is 6.20 Å². The lowest BCUT2D eigenvalue weighted by molar-refractivity contribution is -0.121. The van der Waals surface area contributed by atoms with Gasteiger partial charge in [0.05, 0.1) is 6.20 Å². The zero-order valence-electron chi connectivity index (χ0n) is 11.4. The molecule has 4 heteroatoms. The van der Waals surface area contributed by atoms with E-state index in [2.05, 4.69) is 10.3 Å². The second kappa shape index (κ2) is 4.68. The standard InChI is InChI=1S/C15H19N3O/c1-10-5-4-8-18-13(9-16-14(10)18)17-15(19)11(2)12-6-3-7-12/h4-5,8-9,11-12H,3,6-7H2,1-2H3,(H,17,19). The Morgan fingerprint density at radius 2 is 2.32 bits per heavy atom. The number of imidazole rings is 1. The molecule has 0 radical (unpaired) electrons. The van der Waals surface area contributed by atoms with Crippen LogP contribution in [0.3, 0.4) is 0 Å². The van der Waals surface area contributed by atoms with E-state index >= 15 is 0 Å². The quantitative estimate of drug-likeness (QED) is 0.918. The molecule has 0 bridgehead atoms. The maximum atomic E-state index is 12.2. The minimum absolute atomic E-state index is 0.0871. The maximum Gasteiger partial charge on any atom is 0.228 e. The molecule has 1 aliphatic carbocycles. The lowest BCUT2D eigenvalue weighted by atomic mass is 9.76. The van der Waals surface area contributed by atoms with Gasteiger partial charge in [0.25, 0.3) is 0 Å². The van der Waals surface area contributed by atoms with Gasteiger partial charge in [-0.25, -0.2) is 4.98 Å². The van der Waals surface area contributed by atoms with Crippen LogP contribution in [-0.2, 0) is 4.79 Å². The maximum absolute atomic E-state index is 12.2. The summed E-state index contributed by atoms with van der Waals surface area (Å²) in [6.07, 6.45) is 7.28. The summed E-state index contributed by atoms with van der Waals surface area (Å²) in [5.41, 5.74) is 2.00. The van der Waals surface area contributed by atoms with Gasteiger partial charge in [0.2, 0.25) is 5.91 Å². The second-order valence-electron chi connectivity index (χ2n) is 5.50. The Labute approximate surface area is 112 Å². The highest BCUT2D eigenvalue weighted by molar-refractivity contribution is 5.92. The van der Waals surface area contributed by atoms with Gasteiger partial charge in [0.15, 0.2) is 0 Å². The Morgan fingerprint density at radius 1 is 1.53 bits per heavy atom. The van der Waals surface area contributed by atoms with Crippen molar-refractivity contribution < 1.29 is 4.79 Å². The fraction of sp³-hybridized carbons (Fsp3) is 0.467. The van der Waals surface area contributed by atoms with E-state index in [4.69, 9.17) is 0 Å². The summed E-state index contributed by atoms with van der Waals surface area (Å²) < 4.78 is 1.93. The first-order valence-electron chi connectivity index (χ1n) is 6.90. The monoisotopic (exact) mass is 257 g/mol. The zero-order valence-corrected chi connectivity index (χ0v) is 11.4. The fourth-order valence-corrected chi connectivity index (χ4v) is 2.64. The number of aryl methyl sites for hydroxylation is 1. The van der Waals surface area contributed by atoms with Gasteiger partial charge in [-0.15, -0.1) is 0 Å². The fourth-order valence-electron chi connectivity index (χ4n) is 2.64. The first-order valence-corrected chi connectivity index (χ1v) is 6.90. The van der Waals surface area contributed by atoms with Gasteiger partial charge in [-0.2, -0.15) is 0 Å². The van der Waals surface area contributed by atoms with E-state index in [9.17, 15) is 4.79 Å². The summed E-state index contributed by atoms with van der Waals surface area (Å²) >= 11 is 0. The number of hydrogen-bond acceptors (Lipinski definition) is 2. The van der Waals surface area contributed by atoms with E-state index in [-0.39, 0.29) is 11.8 Å². The molecular weight excluding hydrogens is 238 g/mol. The van der Waals surface area contributed by atoms with Crippen molar-refractivity contribution in [2.24, 2.45) is 11.8 Å². The number of carbonyl (C=O) groups is 1. The Morgan fingerprint density at radius 3 is 3.00 bits per heavy atom. The molecule has 4 nitrogen and oxygen atoms in total.